The third-order valence-corrected chi connectivity index (χ3v) is 3.24. The highest BCUT2D eigenvalue weighted by atomic mass is 79.9. The number of benzene rings is 1. The van der Waals surface area contributed by atoms with Crippen LogP contribution in [0.1, 0.15) is 19.4 Å². The topological polar surface area (TPSA) is 43.4 Å². The van der Waals surface area contributed by atoms with E-state index in [9.17, 15) is 0 Å². The summed E-state index contributed by atoms with van der Waals surface area (Å²) in [4.78, 5) is 4.34. The number of rotatable bonds is 7. The minimum Gasteiger partial charge on any atom is -0.494 e. The summed E-state index contributed by atoms with van der Waals surface area (Å²) in [6.45, 7) is 6.30. The van der Waals surface area contributed by atoms with E-state index in [0.717, 1.165) is 34.6 Å². The van der Waals surface area contributed by atoms with Gasteiger partial charge in [0.2, 0.25) is 5.88 Å². The van der Waals surface area contributed by atoms with Gasteiger partial charge in [0.05, 0.1) is 6.61 Å². The highest BCUT2D eigenvalue weighted by Crippen LogP contribution is 2.27. The van der Waals surface area contributed by atoms with Gasteiger partial charge in [0.1, 0.15) is 11.5 Å². The molecular weight excluding hydrogens is 332 g/mol. The maximum atomic E-state index is 5.87. The van der Waals surface area contributed by atoms with Crippen LogP contribution < -0.4 is 14.8 Å². The second kappa shape index (κ2) is 8.00. The van der Waals surface area contributed by atoms with E-state index in [1.54, 1.807) is 6.20 Å². The van der Waals surface area contributed by atoms with Gasteiger partial charge >= 0.3 is 0 Å². The minimum atomic E-state index is 0.614. The normalized spacial score (nSPS) is 10.4. The average molecular weight is 351 g/mol. The first-order chi connectivity index (χ1) is 10.2. The van der Waals surface area contributed by atoms with Crippen LogP contribution in [0.5, 0.6) is 17.4 Å². The summed E-state index contributed by atoms with van der Waals surface area (Å²) in [5.41, 5.74) is 1.01. The number of halogens is 1. The van der Waals surface area contributed by atoms with Gasteiger partial charge in [-0.2, -0.15) is 0 Å². The van der Waals surface area contributed by atoms with Crippen molar-refractivity contribution >= 4 is 15.9 Å². The van der Waals surface area contributed by atoms with Crippen LogP contribution in [0.3, 0.4) is 0 Å². The van der Waals surface area contributed by atoms with Crippen molar-refractivity contribution in [1.29, 1.82) is 0 Å². The van der Waals surface area contributed by atoms with Gasteiger partial charge in [-0.05, 0) is 59.7 Å². The van der Waals surface area contributed by atoms with Gasteiger partial charge in [-0.25, -0.2) is 4.98 Å². The van der Waals surface area contributed by atoms with Crippen molar-refractivity contribution in [1.82, 2.24) is 10.3 Å². The lowest BCUT2D eigenvalue weighted by atomic mass is 10.2. The number of hydrogen-bond donors (Lipinski definition) is 1. The first-order valence-corrected chi connectivity index (χ1v) is 7.78. The molecule has 5 heteroatoms. The maximum absolute atomic E-state index is 5.87. The molecule has 1 heterocycles. The van der Waals surface area contributed by atoms with Gasteiger partial charge in [0.25, 0.3) is 0 Å². The summed E-state index contributed by atoms with van der Waals surface area (Å²) in [6, 6.07) is 9.56. The number of hydrogen-bond acceptors (Lipinski definition) is 4. The Bertz CT molecular complexity index is 573. The zero-order valence-corrected chi connectivity index (χ0v) is 13.8. The first kappa shape index (κ1) is 15.8. The Hall–Kier alpha value is -1.59. The molecule has 1 aromatic carbocycles. The average Bonchev–Trinajstić information content (AvgIpc) is 2.49. The van der Waals surface area contributed by atoms with Gasteiger partial charge in [0, 0.05) is 22.8 Å². The molecule has 112 valence electrons. The fraction of sp³-hybridized carbons (Fsp3) is 0.312. The Morgan fingerprint density at radius 1 is 1.14 bits per heavy atom. The minimum absolute atomic E-state index is 0.614. The molecule has 0 aliphatic heterocycles. The van der Waals surface area contributed by atoms with E-state index in [4.69, 9.17) is 9.47 Å². The van der Waals surface area contributed by atoms with Gasteiger partial charge in [0.15, 0.2) is 0 Å². The number of ether oxygens (including phenoxy) is 2. The van der Waals surface area contributed by atoms with E-state index >= 15 is 0 Å². The van der Waals surface area contributed by atoms with Crippen LogP contribution in [0.15, 0.2) is 41.0 Å². The number of nitrogens with one attached hydrogen (secondary N) is 1. The summed E-state index contributed by atoms with van der Waals surface area (Å²) in [6.07, 6.45) is 1.74. The Labute approximate surface area is 133 Å². The van der Waals surface area contributed by atoms with Crippen molar-refractivity contribution in [3.63, 3.8) is 0 Å². The van der Waals surface area contributed by atoms with Crippen molar-refractivity contribution in [2.24, 2.45) is 0 Å². The van der Waals surface area contributed by atoms with E-state index in [1.165, 1.54) is 0 Å². The van der Waals surface area contributed by atoms with Crippen LogP contribution in [-0.4, -0.2) is 18.1 Å². The molecule has 21 heavy (non-hydrogen) atoms. The van der Waals surface area contributed by atoms with E-state index in [2.05, 4.69) is 33.2 Å². The number of aromatic nitrogens is 1. The Balaban J connectivity index is 2.14. The molecule has 0 unspecified atom stereocenters. The number of nitrogens with zero attached hydrogens (tertiary/aromatic N) is 1. The summed E-state index contributed by atoms with van der Waals surface area (Å²) in [5.74, 6) is 2.19. The van der Waals surface area contributed by atoms with Crippen molar-refractivity contribution in [3.05, 3.63) is 46.6 Å². The van der Waals surface area contributed by atoms with Crippen LogP contribution in [0.2, 0.25) is 0 Å². The van der Waals surface area contributed by atoms with E-state index in [1.807, 2.05) is 37.3 Å². The second-order valence-corrected chi connectivity index (χ2v) is 5.32. The van der Waals surface area contributed by atoms with Crippen LogP contribution in [0.25, 0.3) is 0 Å². The predicted molar refractivity (Wildman–Crippen MR) is 87.0 cm³/mol. The summed E-state index contributed by atoms with van der Waals surface area (Å²) in [7, 11) is 0. The lowest BCUT2D eigenvalue weighted by Crippen LogP contribution is -2.12. The van der Waals surface area contributed by atoms with E-state index < -0.39 is 0 Å². The lowest BCUT2D eigenvalue weighted by molar-refractivity contribution is 0.339. The van der Waals surface area contributed by atoms with Crippen LogP contribution in [0, 0.1) is 0 Å². The molecule has 0 aliphatic rings. The molecule has 1 aromatic heterocycles. The van der Waals surface area contributed by atoms with E-state index in [-0.39, 0.29) is 0 Å². The molecule has 0 aliphatic carbocycles. The van der Waals surface area contributed by atoms with Crippen LogP contribution in [-0.2, 0) is 6.54 Å². The van der Waals surface area contributed by atoms with Crippen molar-refractivity contribution in [3.8, 4) is 17.4 Å². The van der Waals surface area contributed by atoms with E-state index in [0.29, 0.717) is 12.5 Å². The molecule has 0 amide bonds. The smallest absolute Gasteiger partial charge is 0.223 e. The van der Waals surface area contributed by atoms with Crippen molar-refractivity contribution in [2.45, 2.75) is 20.4 Å². The van der Waals surface area contributed by atoms with Crippen LogP contribution in [0.4, 0.5) is 0 Å². The summed E-state index contributed by atoms with van der Waals surface area (Å²) in [5, 5.41) is 3.28. The molecule has 0 bridgehead atoms. The monoisotopic (exact) mass is 350 g/mol. The molecule has 2 rings (SSSR count). The molecule has 1 N–H and O–H groups in total. The Kier molecular flexibility index (Phi) is 6.02. The molecule has 2 aromatic rings. The largest absolute Gasteiger partial charge is 0.494 e. The highest BCUT2D eigenvalue weighted by molar-refractivity contribution is 9.10. The predicted octanol–water partition coefficient (Wildman–Crippen LogP) is 4.14. The van der Waals surface area contributed by atoms with Gasteiger partial charge in [-0.15, -0.1) is 0 Å². The van der Waals surface area contributed by atoms with Crippen molar-refractivity contribution < 1.29 is 9.47 Å². The van der Waals surface area contributed by atoms with Gasteiger partial charge < -0.3 is 14.8 Å². The molecular formula is C16H19BrN2O2. The van der Waals surface area contributed by atoms with Gasteiger partial charge in [-0.3, -0.25) is 0 Å². The molecule has 0 radical (unpaired) electrons. The quantitative estimate of drug-likeness (QED) is 0.814. The lowest BCUT2D eigenvalue weighted by Gasteiger charge is -2.11. The van der Waals surface area contributed by atoms with Crippen LogP contribution >= 0.6 is 15.9 Å². The maximum Gasteiger partial charge on any atom is 0.223 e. The Morgan fingerprint density at radius 2 is 1.86 bits per heavy atom. The second-order valence-electron chi connectivity index (χ2n) is 4.40. The first-order valence-electron chi connectivity index (χ1n) is 6.98. The molecule has 0 fully saturated rings. The standard InChI is InChI=1S/C16H19BrN2O2/c1-3-18-10-12-9-13(17)11-19-16(12)21-15-7-5-14(6-8-15)20-4-2/h5-9,11,18H,3-4,10H2,1-2H3. The third kappa shape index (κ3) is 4.72. The third-order valence-electron chi connectivity index (χ3n) is 2.81. The van der Waals surface area contributed by atoms with Gasteiger partial charge in [-0.1, -0.05) is 6.92 Å². The molecule has 0 saturated carbocycles. The number of pyridine rings is 1. The highest BCUT2D eigenvalue weighted by Gasteiger charge is 2.07. The summed E-state index contributed by atoms with van der Waals surface area (Å²) < 4.78 is 12.2. The summed E-state index contributed by atoms with van der Waals surface area (Å²) >= 11 is 3.44. The fourth-order valence-electron chi connectivity index (χ4n) is 1.83. The fourth-order valence-corrected chi connectivity index (χ4v) is 2.21. The molecule has 4 nitrogen and oxygen atoms in total. The Morgan fingerprint density at radius 3 is 2.52 bits per heavy atom. The zero-order valence-electron chi connectivity index (χ0n) is 12.2. The SMILES string of the molecule is CCNCc1cc(Br)cnc1Oc1ccc(OCC)cc1. The molecule has 0 spiro atoms. The zero-order chi connectivity index (χ0) is 15.1. The van der Waals surface area contributed by atoms with Crippen molar-refractivity contribution in [2.75, 3.05) is 13.2 Å². The molecule has 0 saturated heterocycles. The molecule has 0 atom stereocenters.